The van der Waals surface area contributed by atoms with Crippen LogP contribution in [0.4, 0.5) is 0 Å². The van der Waals surface area contributed by atoms with Gasteiger partial charge in [-0.2, -0.15) is 9.57 Å². The Labute approximate surface area is 234 Å². The molecule has 0 saturated heterocycles. The van der Waals surface area contributed by atoms with Gasteiger partial charge in [-0.1, -0.05) is 37.0 Å². The fraction of sp³-hybridized carbons (Fsp3) is 0.300. The summed E-state index contributed by atoms with van der Waals surface area (Å²) in [6, 6.07) is 18.2. The minimum Gasteiger partial charge on any atom is -0.472 e. The Hall–Kier alpha value is -4.22. The second-order valence-corrected chi connectivity index (χ2v) is 11.8. The zero-order chi connectivity index (χ0) is 28.9. The van der Waals surface area contributed by atoms with Gasteiger partial charge in [0, 0.05) is 36.8 Å². The summed E-state index contributed by atoms with van der Waals surface area (Å²) < 4.78 is 34.0. The number of fused-ring (bicyclic) bond motifs is 1. The first-order chi connectivity index (χ1) is 19.1. The molecule has 1 amide bonds. The van der Waals surface area contributed by atoms with Crippen molar-refractivity contribution in [2.75, 3.05) is 26.7 Å². The van der Waals surface area contributed by atoms with Crippen LogP contribution in [0.15, 0.2) is 71.8 Å². The Kier molecular flexibility index (Phi) is 8.86. The fourth-order valence-electron chi connectivity index (χ4n) is 4.29. The number of likely N-dealkylation sites (N-methyl/N-ethyl adjacent to an activating group) is 1. The Morgan fingerprint density at radius 2 is 1.80 bits per heavy atom. The van der Waals surface area contributed by atoms with Gasteiger partial charge in [0.15, 0.2) is 0 Å². The van der Waals surface area contributed by atoms with E-state index in [4.69, 9.17) is 10.00 Å². The van der Waals surface area contributed by atoms with E-state index in [0.717, 1.165) is 5.56 Å². The largest absolute Gasteiger partial charge is 0.472 e. The lowest BCUT2D eigenvalue weighted by atomic mass is 10.0. The van der Waals surface area contributed by atoms with Crippen molar-refractivity contribution in [3.63, 3.8) is 0 Å². The number of ether oxygens (including phenoxy) is 1. The normalized spacial score (nSPS) is 17.9. The van der Waals surface area contributed by atoms with Gasteiger partial charge in [0.25, 0.3) is 5.91 Å². The predicted molar refractivity (Wildman–Crippen MR) is 149 cm³/mol. The quantitative estimate of drug-likeness (QED) is 0.462. The van der Waals surface area contributed by atoms with E-state index in [1.165, 1.54) is 41.8 Å². The number of benzene rings is 2. The van der Waals surface area contributed by atoms with Crippen LogP contribution in [0.1, 0.15) is 40.9 Å². The maximum atomic E-state index is 13.6. The molecular formula is C30H30N4O5S. The monoisotopic (exact) mass is 558 g/mol. The molecule has 0 saturated carbocycles. The molecule has 0 aliphatic carbocycles. The molecule has 40 heavy (non-hydrogen) atoms. The molecule has 1 N–H and O–H groups in total. The minimum atomic E-state index is -3.89. The molecule has 1 aromatic heterocycles. The van der Waals surface area contributed by atoms with Gasteiger partial charge in [-0.3, -0.25) is 4.79 Å². The smallest absolute Gasteiger partial charge is 0.259 e. The average Bonchev–Trinajstić information content (AvgIpc) is 2.98. The van der Waals surface area contributed by atoms with Crippen molar-refractivity contribution in [3.8, 4) is 23.8 Å². The summed E-state index contributed by atoms with van der Waals surface area (Å²) in [5.74, 6) is 5.50. The van der Waals surface area contributed by atoms with Crippen molar-refractivity contribution in [2.24, 2.45) is 5.92 Å². The van der Waals surface area contributed by atoms with Crippen LogP contribution in [0, 0.1) is 29.1 Å². The summed E-state index contributed by atoms with van der Waals surface area (Å²) >= 11 is 0. The number of pyridine rings is 1. The van der Waals surface area contributed by atoms with Crippen molar-refractivity contribution in [2.45, 2.75) is 30.9 Å². The molecule has 9 nitrogen and oxygen atoms in total. The second-order valence-electron chi connectivity index (χ2n) is 9.74. The lowest BCUT2D eigenvalue weighted by Gasteiger charge is -2.37. The second kappa shape index (κ2) is 12.3. The summed E-state index contributed by atoms with van der Waals surface area (Å²) in [5.41, 5.74) is 1.88. The number of hydrogen-bond donors (Lipinski definition) is 1. The molecule has 2 heterocycles. The topological polar surface area (TPSA) is 124 Å². The van der Waals surface area contributed by atoms with Gasteiger partial charge in [0.1, 0.15) is 11.7 Å². The van der Waals surface area contributed by atoms with Gasteiger partial charge in [-0.15, -0.1) is 0 Å². The molecule has 4 rings (SSSR count). The summed E-state index contributed by atoms with van der Waals surface area (Å²) in [5, 5.41) is 18.9. The van der Waals surface area contributed by atoms with Crippen LogP contribution >= 0.6 is 0 Å². The molecule has 0 unspecified atom stereocenters. The van der Waals surface area contributed by atoms with Gasteiger partial charge < -0.3 is 14.7 Å². The minimum absolute atomic E-state index is 0.0181. The van der Waals surface area contributed by atoms with Crippen molar-refractivity contribution in [3.05, 3.63) is 89.1 Å². The van der Waals surface area contributed by atoms with E-state index in [1.54, 1.807) is 17.9 Å². The highest BCUT2D eigenvalue weighted by molar-refractivity contribution is 7.89. The molecule has 0 bridgehead atoms. The number of nitriles is 1. The number of aliphatic hydroxyl groups excluding tert-OH is 1. The Bertz CT molecular complexity index is 1570. The number of rotatable bonds is 6. The third-order valence-electron chi connectivity index (χ3n) is 6.77. The third-order valence-corrected chi connectivity index (χ3v) is 8.61. The van der Waals surface area contributed by atoms with E-state index in [1.807, 2.05) is 43.3 Å². The molecule has 1 aliphatic rings. The predicted octanol–water partition coefficient (Wildman–Crippen LogP) is 2.89. The van der Waals surface area contributed by atoms with Crippen molar-refractivity contribution >= 4 is 15.9 Å². The van der Waals surface area contributed by atoms with E-state index in [0.29, 0.717) is 11.1 Å². The molecule has 10 heteroatoms. The van der Waals surface area contributed by atoms with Gasteiger partial charge in [0.2, 0.25) is 15.9 Å². The standard InChI is InChI=1S/C30H30N4O5S/c1-21-18-34(22(2)20-35)30(36)27-15-25(10-9-23-7-5-4-6-8-23)17-32-29(27)39-28(21)19-33(3)40(37,38)26-13-11-24(16-31)12-14-26/h4-8,11-15,17,21-22,28,35H,18-20H2,1-3H3/t21-,22+,28-/m0/s1. The molecule has 206 valence electrons. The number of hydrogen-bond acceptors (Lipinski definition) is 7. The molecule has 1 aliphatic heterocycles. The highest BCUT2D eigenvalue weighted by Gasteiger charge is 2.35. The van der Waals surface area contributed by atoms with Crippen LogP contribution in [0.5, 0.6) is 5.88 Å². The lowest BCUT2D eigenvalue weighted by molar-refractivity contribution is 0.0373. The van der Waals surface area contributed by atoms with E-state index in [-0.39, 0.29) is 47.9 Å². The molecule has 0 fully saturated rings. The molecule has 3 aromatic rings. The number of amides is 1. The van der Waals surface area contributed by atoms with Crippen LogP contribution < -0.4 is 4.74 Å². The van der Waals surface area contributed by atoms with Crippen LogP contribution in [-0.4, -0.2) is 72.5 Å². The fourth-order valence-corrected chi connectivity index (χ4v) is 5.47. The van der Waals surface area contributed by atoms with Crippen LogP contribution in [-0.2, 0) is 10.0 Å². The number of aliphatic hydroxyl groups is 1. The van der Waals surface area contributed by atoms with E-state index in [2.05, 4.69) is 16.8 Å². The Morgan fingerprint density at radius 1 is 1.12 bits per heavy atom. The third kappa shape index (κ3) is 6.32. The number of nitrogens with zero attached hydrogens (tertiary/aromatic N) is 4. The number of aromatic nitrogens is 1. The number of carbonyl (C=O) groups excluding carboxylic acids is 1. The summed E-state index contributed by atoms with van der Waals surface area (Å²) in [6.07, 6.45) is 0.856. The van der Waals surface area contributed by atoms with Crippen LogP contribution in [0.25, 0.3) is 0 Å². The molecular weight excluding hydrogens is 528 g/mol. The Balaban J connectivity index is 1.67. The Morgan fingerprint density at radius 3 is 2.45 bits per heavy atom. The molecule has 0 spiro atoms. The molecule has 3 atom stereocenters. The molecule has 0 radical (unpaired) electrons. The van der Waals surface area contributed by atoms with Crippen molar-refractivity contribution < 1.29 is 23.1 Å². The maximum Gasteiger partial charge on any atom is 0.259 e. The van der Waals surface area contributed by atoms with E-state index >= 15 is 0 Å². The summed E-state index contributed by atoms with van der Waals surface area (Å²) in [4.78, 5) is 19.6. The van der Waals surface area contributed by atoms with E-state index < -0.39 is 22.2 Å². The summed E-state index contributed by atoms with van der Waals surface area (Å²) in [7, 11) is -2.43. The van der Waals surface area contributed by atoms with Crippen LogP contribution in [0.2, 0.25) is 0 Å². The number of sulfonamides is 1. The first-order valence-electron chi connectivity index (χ1n) is 12.8. The van der Waals surface area contributed by atoms with Gasteiger partial charge in [-0.05, 0) is 49.4 Å². The number of carbonyl (C=O) groups is 1. The average molecular weight is 559 g/mol. The lowest BCUT2D eigenvalue weighted by Crippen LogP contribution is -2.50. The highest BCUT2D eigenvalue weighted by atomic mass is 32.2. The first kappa shape index (κ1) is 28.8. The van der Waals surface area contributed by atoms with E-state index in [9.17, 15) is 18.3 Å². The van der Waals surface area contributed by atoms with Gasteiger partial charge in [-0.25, -0.2) is 13.4 Å². The SMILES string of the molecule is C[C@H](CO)N1C[C@H](C)[C@H](CN(C)S(=O)(=O)c2ccc(C#N)cc2)Oc2ncc(C#Cc3ccccc3)cc2C1=O. The summed E-state index contributed by atoms with van der Waals surface area (Å²) in [6.45, 7) is 3.58. The van der Waals surface area contributed by atoms with Crippen LogP contribution in [0.3, 0.4) is 0 Å². The zero-order valence-corrected chi connectivity index (χ0v) is 23.3. The maximum absolute atomic E-state index is 13.6. The van der Waals surface area contributed by atoms with Gasteiger partial charge >= 0.3 is 0 Å². The van der Waals surface area contributed by atoms with Crippen molar-refractivity contribution in [1.29, 1.82) is 5.26 Å². The highest BCUT2D eigenvalue weighted by Crippen LogP contribution is 2.28. The van der Waals surface area contributed by atoms with Crippen molar-refractivity contribution in [1.82, 2.24) is 14.2 Å². The van der Waals surface area contributed by atoms with Gasteiger partial charge in [0.05, 0.1) is 35.7 Å². The first-order valence-corrected chi connectivity index (χ1v) is 14.2. The zero-order valence-electron chi connectivity index (χ0n) is 22.5. The molecule has 2 aromatic carbocycles.